The molecule has 5 rings (SSSR count). The monoisotopic (exact) mass is 541 g/mol. The van der Waals surface area contributed by atoms with Gasteiger partial charge in [0.05, 0.1) is 46.9 Å². The van der Waals surface area contributed by atoms with Crippen LogP contribution >= 0.6 is 11.6 Å². The summed E-state index contributed by atoms with van der Waals surface area (Å²) in [6, 6.07) is 5.67. The number of anilines is 2. The number of alkyl halides is 2. The van der Waals surface area contributed by atoms with Gasteiger partial charge in [-0.2, -0.15) is 0 Å². The van der Waals surface area contributed by atoms with Crippen LogP contribution in [0.4, 0.5) is 25.0 Å². The van der Waals surface area contributed by atoms with Crippen molar-refractivity contribution in [2.24, 2.45) is 0 Å². The Labute approximate surface area is 221 Å². The second-order valence-electron chi connectivity index (χ2n) is 8.86. The first-order valence-electron chi connectivity index (χ1n) is 11.6. The highest BCUT2D eigenvalue weighted by Crippen LogP contribution is 2.41. The number of para-hydroxylation sites is 1. The highest BCUT2D eigenvalue weighted by atomic mass is 35.5. The van der Waals surface area contributed by atoms with Gasteiger partial charge in [0.15, 0.2) is 5.75 Å². The van der Waals surface area contributed by atoms with Gasteiger partial charge in [0, 0.05) is 43.0 Å². The van der Waals surface area contributed by atoms with Crippen LogP contribution in [0.3, 0.4) is 0 Å². The molecular formula is C26H22ClF2N5O4. The van der Waals surface area contributed by atoms with Crippen molar-refractivity contribution in [3.8, 4) is 28.8 Å². The summed E-state index contributed by atoms with van der Waals surface area (Å²) in [6.07, 6.45) is 1.40. The molecular weight excluding hydrogens is 520 g/mol. The summed E-state index contributed by atoms with van der Waals surface area (Å²) < 4.78 is 33.3. The topological polar surface area (TPSA) is 120 Å². The van der Waals surface area contributed by atoms with Gasteiger partial charge in [-0.15, -0.1) is 0 Å². The van der Waals surface area contributed by atoms with Crippen LogP contribution in [-0.4, -0.2) is 64.1 Å². The molecule has 0 aliphatic carbocycles. The summed E-state index contributed by atoms with van der Waals surface area (Å²) in [5, 5.41) is 15.8. The fraction of sp³-hybridized carbons (Fsp3) is 0.269. The van der Waals surface area contributed by atoms with Gasteiger partial charge in [-0.25, -0.2) is 13.6 Å². The number of nitrogens with one attached hydrogen (secondary N) is 3. The SMILES string of the molecule is COc1c(Cl)cccc1Nc1c(-c2ccncc2C#C[C@H]2CC(F)(F)CN2C(=O)O)[nH]c2c1C(=O)NCC2. The van der Waals surface area contributed by atoms with Crippen molar-refractivity contribution in [1.29, 1.82) is 0 Å². The van der Waals surface area contributed by atoms with Gasteiger partial charge in [-0.3, -0.25) is 14.7 Å². The maximum absolute atomic E-state index is 13.9. The highest BCUT2D eigenvalue weighted by molar-refractivity contribution is 6.32. The van der Waals surface area contributed by atoms with Gasteiger partial charge in [0.2, 0.25) is 0 Å². The Kier molecular flexibility index (Phi) is 6.59. The Balaban J connectivity index is 1.61. The molecule has 12 heteroatoms. The molecule has 196 valence electrons. The number of nitrogens with zero attached hydrogens (tertiary/aromatic N) is 2. The molecule has 2 amide bonds. The number of aromatic amines is 1. The third kappa shape index (κ3) is 4.70. The number of methoxy groups -OCH3 is 1. The number of carbonyl (C=O) groups is 2. The van der Waals surface area contributed by atoms with Gasteiger partial charge in [-0.05, 0) is 18.2 Å². The first-order valence-corrected chi connectivity index (χ1v) is 12.0. The van der Waals surface area contributed by atoms with Crippen LogP contribution < -0.4 is 15.4 Å². The van der Waals surface area contributed by atoms with E-state index in [1.54, 1.807) is 24.3 Å². The smallest absolute Gasteiger partial charge is 0.408 e. The fourth-order valence-electron chi connectivity index (χ4n) is 4.68. The summed E-state index contributed by atoms with van der Waals surface area (Å²) in [7, 11) is 1.48. The Morgan fingerprint density at radius 1 is 1.37 bits per heavy atom. The quantitative estimate of drug-likeness (QED) is 0.361. The molecule has 0 saturated carbocycles. The second kappa shape index (κ2) is 9.87. The van der Waals surface area contributed by atoms with Gasteiger partial charge >= 0.3 is 6.09 Å². The van der Waals surface area contributed by atoms with E-state index in [1.807, 2.05) is 0 Å². The van der Waals surface area contributed by atoms with Crippen LogP contribution in [0.15, 0.2) is 36.7 Å². The zero-order valence-corrected chi connectivity index (χ0v) is 20.8. The van der Waals surface area contributed by atoms with E-state index in [0.717, 1.165) is 0 Å². The number of H-pyrrole nitrogens is 1. The van der Waals surface area contributed by atoms with E-state index in [1.165, 1.54) is 19.5 Å². The summed E-state index contributed by atoms with van der Waals surface area (Å²) >= 11 is 6.30. The van der Waals surface area contributed by atoms with Crippen molar-refractivity contribution in [3.05, 3.63) is 58.5 Å². The Hall–Kier alpha value is -4.30. The standard InChI is InChI=1S/C26H22ClF2N5O4/c1-38-23-17(27)3-2-4-19(23)33-22-20-18(8-10-31-24(20)35)32-21(22)16-7-9-30-12-14(16)5-6-15-11-26(28,29)13-34(15)25(36)37/h2-4,7,9,12,15,32-33H,8,10-11,13H2,1H3,(H,31,35)(H,36,37)/t15-/m0/s1. The molecule has 2 aliphatic rings. The van der Waals surface area contributed by atoms with E-state index in [0.29, 0.717) is 68.1 Å². The lowest BCUT2D eigenvalue weighted by atomic mass is 10.0. The maximum atomic E-state index is 13.9. The lowest BCUT2D eigenvalue weighted by molar-refractivity contribution is 0.0128. The fourth-order valence-corrected chi connectivity index (χ4v) is 4.93. The number of amides is 2. The molecule has 1 atom stereocenters. The van der Waals surface area contributed by atoms with Gasteiger partial charge in [-0.1, -0.05) is 29.5 Å². The molecule has 38 heavy (non-hydrogen) atoms. The van der Waals surface area contributed by atoms with E-state index in [2.05, 4.69) is 32.4 Å². The first-order chi connectivity index (χ1) is 18.2. The van der Waals surface area contributed by atoms with E-state index in [4.69, 9.17) is 16.3 Å². The molecule has 0 bridgehead atoms. The van der Waals surface area contributed by atoms with Crippen LogP contribution in [0.25, 0.3) is 11.3 Å². The summed E-state index contributed by atoms with van der Waals surface area (Å²) in [4.78, 5) is 32.5. The molecule has 4 heterocycles. The van der Waals surface area contributed by atoms with Crippen molar-refractivity contribution >= 4 is 35.0 Å². The number of ether oxygens (including phenoxy) is 1. The number of aromatic nitrogens is 2. The van der Waals surface area contributed by atoms with E-state index >= 15 is 0 Å². The molecule has 1 saturated heterocycles. The second-order valence-corrected chi connectivity index (χ2v) is 9.26. The molecule has 1 fully saturated rings. The van der Waals surface area contributed by atoms with Crippen LogP contribution in [0, 0.1) is 11.8 Å². The zero-order chi connectivity index (χ0) is 27.0. The lowest BCUT2D eigenvalue weighted by Gasteiger charge is -2.17. The van der Waals surface area contributed by atoms with E-state index in [-0.39, 0.29) is 5.91 Å². The molecule has 0 spiro atoms. The Morgan fingerprint density at radius 2 is 2.18 bits per heavy atom. The predicted octanol–water partition coefficient (Wildman–Crippen LogP) is 4.51. The molecule has 4 N–H and O–H groups in total. The number of carboxylic acid groups (broad SMARTS) is 1. The number of pyridine rings is 1. The summed E-state index contributed by atoms with van der Waals surface area (Å²) in [5.74, 6) is 2.48. The number of halogens is 3. The van der Waals surface area contributed by atoms with E-state index < -0.39 is 31.0 Å². The van der Waals surface area contributed by atoms with Crippen molar-refractivity contribution < 1.29 is 28.2 Å². The molecule has 2 aliphatic heterocycles. The molecule has 2 aromatic heterocycles. The third-order valence-corrected chi connectivity index (χ3v) is 6.67. The Bertz CT molecular complexity index is 1500. The third-order valence-electron chi connectivity index (χ3n) is 6.38. The van der Waals surface area contributed by atoms with E-state index in [9.17, 15) is 23.5 Å². The van der Waals surface area contributed by atoms with Gasteiger partial charge < -0.3 is 25.5 Å². The lowest BCUT2D eigenvalue weighted by Crippen LogP contribution is -2.34. The summed E-state index contributed by atoms with van der Waals surface area (Å²) in [6.45, 7) is -0.453. The minimum Gasteiger partial charge on any atom is -0.493 e. The van der Waals surface area contributed by atoms with Crippen LogP contribution in [0.1, 0.15) is 28.0 Å². The summed E-state index contributed by atoms with van der Waals surface area (Å²) in [5.41, 5.74) is 3.53. The highest BCUT2D eigenvalue weighted by Gasteiger charge is 2.46. The molecule has 1 aromatic carbocycles. The molecule has 3 aromatic rings. The number of hydrogen-bond donors (Lipinski definition) is 4. The van der Waals surface area contributed by atoms with Crippen LogP contribution in [0.5, 0.6) is 5.75 Å². The average molecular weight is 542 g/mol. The number of fused-ring (bicyclic) bond motifs is 1. The number of rotatable bonds is 4. The van der Waals surface area contributed by atoms with Crippen molar-refractivity contribution in [2.75, 3.05) is 25.5 Å². The normalized spacial score (nSPS) is 17.7. The predicted molar refractivity (Wildman–Crippen MR) is 136 cm³/mol. The molecule has 9 nitrogen and oxygen atoms in total. The zero-order valence-electron chi connectivity index (χ0n) is 20.1. The molecule has 0 radical (unpaired) electrons. The van der Waals surface area contributed by atoms with Crippen LogP contribution in [-0.2, 0) is 6.42 Å². The van der Waals surface area contributed by atoms with Crippen LogP contribution in [0.2, 0.25) is 5.02 Å². The number of hydrogen-bond acceptors (Lipinski definition) is 5. The Morgan fingerprint density at radius 3 is 2.95 bits per heavy atom. The number of likely N-dealkylation sites (tertiary alicyclic amines) is 1. The van der Waals surface area contributed by atoms with Gasteiger partial charge in [0.25, 0.3) is 11.8 Å². The first kappa shape index (κ1) is 25.4. The maximum Gasteiger partial charge on any atom is 0.408 e. The van der Waals surface area contributed by atoms with Crippen molar-refractivity contribution in [2.45, 2.75) is 24.8 Å². The minimum atomic E-state index is -3.16. The molecule has 0 unspecified atom stereocenters. The average Bonchev–Trinajstić information content (AvgIpc) is 3.40. The van der Waals surface area contributed by atoms with Crippen molar-refractivity contribution in [1.82, 2.24) is 20.2 Å². The van der Waals surface area contributed by atoms with Crippen molar-refractivity contribution in [3.63, 3.8) is 0 Å². The number of benzene rings is 1. The minimum absolute atomic E-state index is 0.274. The number of carbonyl (C=O) groups excluding carboxylic acids is 1. The van der Waals surface area contributed by atoms with Gasteiger partial charge in [0.1, 0.15) is 6.04 Å². The largest absolute Gasteiger partial charge is 0.493 e.